The molecule has 0 bridgehead atoms. The molecule has 0 spiro atoms. The van der Waals surface area contributed by atoms with Crippen LogP contribution in [0.15, 0.2) is 24.3 Å². The van der Waals surface area contributed by atoms with Crippen LogP contribution in [0.5, 0.6) is 11.5 Å². The van der Waals surface area contributed by atoms with Crippen LogP contribution < -0.4 is 20.7 Å². The molecule has 5 heteroatoms. The zero-order valence-electron chi connectivity index (χ0n) is 11.7. The highest BCUT2D eigenvalue weighted by molar-refractivity contribution is 5.80. The maximum atomic E-state index is 11.7. The van der Waals surface area contributed by atoms with E-state index in [-0.39, 0.29) is 11.8 Å². The molecular formula is C14H22N2O3. The molecule has 5 nitrogen and oxygen atoms in total. The second kappa shape index (κ2) is 7.63. The quantitative estimate of drug-likeness (QED) is 0.449. The molecule has 1 aromatic rings. The van der Waals surface area contributed by atoms with Crippen molar-refractivity contribution in [3.05, 3.63) is 24.3 Å². The van der Waals surface area contributed by atoms with Gasteiger partial charge in [-0.25, -0.2) is 5.84 Å². The normalized spacial score (nSPS) is 12.1. The predicted octanol–water partition coefficient (Wildman–Crippen LogP) is 1.87. The van der Waals surface area contributed by atoms with E-state index in [0.29, 0.717) is 18.1 Å². The monoisotopic (exact) mass is 266 g/mol. The minimum atomic E-state index is -0.642. The summed E-state index contributed by atoms with van der Waals surface area (Å²) in [5.74, 6) is 6.02. The number of carbonyl (C=O) groups is 1. The van der Waals surface area contributed by atoms with Crippen LogP contribution in [0, 0.1) is 5.92 Å². The summed E-state index contributed by atoms with van der Waals surface area (Å²) in [7, 11) is 0. The van der Waals surface area contributed by atoms with Crippen LogP contribution in [-0.2, 0) is 4.79 Å². The van der Waals surface area contributed by atoms with Gasteiger partial charge < -0.3 is 9.47 Å². The van der Waals surface area contributed by atoms with E-state index in [9.17, 15) is 4.79 Å². The van der Waals surface area contributed by atoms with Crippen molar-refractivity contribution in [2.75, 3.05) is 6.61 Å². The Hall–Kier alpha value is -1.75. The van der Waals surface area contributed by atoms with Crippen LogP contribution >= 0.6 is 0 Å². The first-order chi connectivity index (χ1) is 9.10. The first-order valence-corrected chi connectivity index (χ1v) is 6.49. The van der Waals surface area contributed by atoms with E-state index in [1.165, 1.54) is 0 Å². The van der Waals surface area contributed by atoms with Gasteiger partial charge in [0.1, 0.15) is 0 Å². The molecule has 3 N–H and O–H groups in total. The van der Waals surface area contributed by atoms with Crippen LogP contribution in [0.4, 0.5) is 0 Å². The minimum Gasteiger partial charge on any atom is -0.490 e. The summed E-state index contributed by atoms with van der Waals surface area (Å²) in [5, 5.41) is 0. The Kier molecular flexibility index (Phi) is 6.15. The lowest BCUT2D eigenvalue weighted by Crippen LogP contribution is -2.44. The molecule has 0 aliphatic heterocycles. The highest BCUT2D eigenvalue weighted by Gasteiger charge is 2.24. The summed E-state index contributed by atoms with van der Waals surface area (Å²) < 4.78 is 11.3. The van der Waals surface area contributed by atoms with Crippen LogP contribution in [0.1, 0.15) is 27.2 Å². The first-order valence-electron chi connectivity index (χ1n) is 6.49. The Balaban J connectivity index is 2.86. The van der Waals surface area contributed by atoms with E-state index in [1.54, 1.807) is 6.07 Å². The molecule has 0 aliphatic rings. The summed E-state index contributed by atoms with van der Waals surface area (Å²) in [4.78, 5) is 11.7. The molecule has 1 aromatic carbocycles. The summed E-state index contributed by atoms with van der Waals surface area (Å²) in [6.45, 7) is 6.43. The zero-order valence-corrected chi connectivity index (χ0v) is 11.7. The number of ether oxygens (including phenoxy) is 2. The van der Waals surface area contributed by atoms with Gasteiger partial charge in [0.05, 0.1) is 6.61 Å². The van der Waals surface area contributed by atoms with E-state index in [2.05, 4.69) is 5.43 Å². The molecule has 0 aromatic heterocycles. The SMILES string of the molecule is CCCOc1ccccc1OC(C(=O)NN)C(C)C. The summed E-state index contributed by atoms with van der Waals surface area (Å²) in [5.41, 5.74) is 2.12. The Morgan fingerprint density at radius 2 is 1.95 bits per heavy atom. The van der Waals surface area contributed by atoms with Crippen LogP contribution in [0.2, 0.25) is 0 Å². The van der Waals surface area contributed by atoms with Crippen molar-refractivity contribution >= 4 is 5.91 Å². The number of rotatable bonds is 7. The largest absolute Gasteiger partial charge is 0.490 e. The number of hydrogen-bond acceptors (Lipinski definition) is 4. The van der Waals surface area contributed by atoms with Gasteiger partial charge in [0, 0.05) is 0 Å². The number of hydrogen-bond donors (Lipinski definition) is 2. The summed E-state index contributed by atoms with van der Waals surface area (Å²) in [6.07, 6.45) is 0.266. The van der Waals surface area contributed by atoms with E-state index >= 15 is 0 Å². The number of nitrogens with one attached hydrogen (secondary N) is 1. The topological polar surface area (TPSA) is 73.6 Å². The highest BCUT2D eigenvalue weighted by atomic mass is 16.5. The number of carbonyl (C=O) groups excluding carboxylic acids is 1. The summed E-state index contributed by atoms with van der Waals surface area (Å²) >= 11 is 0. The van der Waals surface area contributed by atoms with Crippen molar-refractivity contribution < 1.29 is 14.3 Å². The lowest BCUT2D eigenvalue weighted by molar-refractivity contribution is -0.129. The van der Waals surface area contributed by atoms with Gasteiger partial charge >= 0.3 is 0 Å². The molecule has 0 saturated carbocycles. The van der Waals surface area contributed by atoms with Gasteiger partial charge in [-0.3, -0.25) is 10.2 Å². The van der Waals surface area contributed by atoms with E-state index < -0.39 is 6.10 Å². The van der Waals surface area contributed by atoms with E-state index in [1.807, 2.05) is 39.0 Å². The molecule has 1 rings (SSSR count). The molecule has 0 radical (unpaired) electrons. The Morgan fingerprint density at radius 1 is 1.32 bits per heavy atom. The summed E-state index contributed by atoms with van der Waals surface area (Å²) in [6, 6.07) is 7.31. The van der Waals surface area contributed by atoms with Crippen LogP contribution in [0.25, 0.3) is 0 Å². The molecule has 1 amide bonds. The van der Waals surface area contributed by atoms with Crippen molar-refractivity contribution in [3.8, 4) is 11.5 Å². The van der Waals surface area contributed by atoms with Crippen molar-refractivity contribution in [1.29, 1.82) is 0 Å². The molecule has 0 saturated heterocycles. The molecule has 19 heavy (non-hydrogen) atoms. The standard InChI is InChI=1S/C14H22N2O3/c1-4-9-18-11-7-5-6-8-12(11)19-13(10(2)3)14(17)16-15/h5-8,10,13H,4,9,15H2,1-3H3,(H,16,17). The average Bonchev–Trinajstić information content (AvgIpc) is 2.42. The maximum Gasteiger partial charge on any atom is 0.275 e. The first kappa shape index (κ1) is 15.3. The number of para-hydroxylation sites is 2. The Morgan fingerprint density at radius 3 is 2.47 bits per heavy atom. The van der Waals surface area contributed by atoms with Crippen molar-refractivity contribution in [2.45, 2.75) is 33.3 Å². The van der Waals surface area contributed by atoms with Gasteiger partial charge in [-0.15, -0.1) is 0 Å². The van der Waals surface area contributed by atoms with Gasteiger partial charge in [-0.2, -0.15) is 0 Å². The van der Waals surface area contributed by atoms with Gasteiger partial charge in [0.2, 0.25) is 0 Å². The molecule has 0 heterocycles. The fourth-order valence-corrected chi connectivity index (χ4v) is 1.59. The lowest BCUT2D eigenvalue weighted by Gasteiger charge is -2.22. The molecule has 0 aliphatic carbocycles. The second-order valence-electron chi connectivity index (χ2n) is 4.59. The lowest BCUT2D eigenvalue weighted by atomic mass is 10.1. The molecule has 106 valence electrons. The van der Waals surface area contributed by atoms with Gasteiger partial charge in [0.15, 0.2) is 17.6 Å². The molecule has 1 unspecified atom stereocenters. The van der Waals surface area contributed by atoms with Gasteiger partial charge in [-0.1, -0.05) is 32.9 Å². The molecule has 0 fully saturated rings. The second-order valence-corrected chi connectivity index (χ2v) is 4.59. The smallest absolute Gasteiger partial charge is 0.275 e. The minimum absolute atomic E-state index is 0.00258. The number of amides is 1. The molecular weight excluding hydrogens is 244 g/mol. The molecule has 1 atom stereocenters. The van der Waals surface area contributed by atoms with Crippen molar-refractivity contribution in [1.82, 2.24) is 5.43 Å². The Bertz CT molecular complexity index is 407. The van der Waals surface area contributed by atoms with Crippen molar-refractivity contribution in [3.63, 3.8) is 0 Å². The third kappa shape index (κ3) is 4.44. The van der Waals surface area contributed by atoms with Gasteiger partial charge in [-0.05, 0) is 24.5 Å². The van der Waals surface area contributed by atoms with Gasteiger partial charge in [0.25, 0.3) is 5.91 Å². The fourth-order valence-electron chi connectivity index (χ4n) is 1.59. The Labute approximate surface area is 114 Å². The predicted molar refractivity (Wildman–Crippen MR) is 73.8 cm³/mol. The number of nitrogens with two attached hydrogens (primary N) is 1. The highest BCUT2D eigenvalue weighted by Crippen LogP contribution is 2.28. The third-order valence-corrected chi connectivity index (χ3v) is 2.57. The third-order valence-electron chi connectivity index (χ3n) is 2.57. The van der Waals surface area contributed by atoms with Crippen molar-refractivity contribution in [2.24, 2.45) is 11.8 Å². The number of benzene rings is 1. The van der Waals surface area contributed by atoms with Crippen LogP contribution in [0.3, 0.4) is 0 Å². The zero-order chi connectivity index (χ0) is 14.3. The van der Waals surface area contributed by atoms with E-state index in [4.69, 9.17) is 15.3 Å². The van der Waals surface area contributed by atoms with E-state index in [0.717, 1.165) is 6.42 Å². The fraction of sp³-hybridized carbons (Fsp3) is 0.500. The number of hydrazine groups is 1. The maximum absolute atomic E-state index is 11.7. The van der Waals surface area contributed by atoms with Crippen LogP contribution in [-0.4, -0.2) is 18.6 Å². The average molecular weight is 266 g/mol.